The highest BCUT2D eigenvalue weighted by molar-refractivity contribution is 7.92. The molecule has 0 saturated carbocycles. The van der Waals surface area contributed by atoms with Crippen LogP contribution in [0.4, 0.5) is 14.5 Å². The molecule has 0 amide bonds. The first kappa shape index (κ1) is 24.2. The van der Waals surface area contributed by atoms with E-state index in [0.29, 0.717) is 23.4 Å². The number of hydrogen-bond donors (Lipinski definition) is 1. The maximum Gasteiger partial charge on any atom is 0.314 e. The molecule has 1 aliphatic heterocycles. The van der Waals surface area contributed by atoms with E-state index in [-0.39, 0.29) is 30.8 Å². The van der Waals surface area contributed by atoms with Crippen molar-refractivity contribution in [2.75, 3.05) is 29.8 Å². The normalized spacial score (nSPS) is 16.9. The molecule has 0 radical (unpaired) electrons. The summed E-state index contributed by atoms with van der Waals surface area (Å²) >= 11 is 0. The largest absolute Gasteiger partial charge is 0.415 e. The lowest BCUT2D eigenvalue weighted by Crippen LogP contribution is -2.40. The topological polar surface area (TPSA) is 99.8 Å². The monoisotopic (exact) mass is 492 g/mol. The van der Waals surface area contributed by atoms with Crippen LogP contribution in [0.2, 0.25) is 0 Å². The highest BCUT2D eigenvalue weighted by Gasteiger charge is 2.28. The second kappa shape index (κ2) is 10.6. The van der Waals surface area contributed by atoms with E-state index in [1.54, 1.807) is 48.5 Å². The van der Waals surface area contributed by atoms with Gasteiger partial charge in [0.05, 0.1) is 24.6 Å². The number of sulfonamides is 1. The number of anilines is 1. The van der Waals surface area contributed by atoms with E-state index in [9.17, 15) is 22.3 Å². The molecule has 0 bridgehead atoms. The van der Waals surface area contributed by atoms with Gasteiger partial charge in [-0.2, -0.15) is 8.78 Å². The maximum atomic E-state index is 13.4. The van der Waals surface area contributed by atoms with Gasteiger partial charge >= 0.3 is 6.43 Å². The van der Waals surface area contributed by atoms with Crippen LogP contribution < -0.4 is 4.31 Å². The third kappa shape index (κ3) is 5.60. The van der Waals surface area contributed by atoms with Crippen molar-refractivity contribution < 1.29 is 26.7 Å². The molecular formula is C23H26F2N4O4S. The van der Waals surface area contributed by atoms with E-state index >= 15 is 0 Å². The number of aromatic nitrogens is 2. The number of halogens is 2. The third-order valence-electron chi connectivity index (χ3n) is 5.88. The number of rotatable bonds is 10. The van der Waals surface area contributed by atoms with Gasteiger partial charge in [-0.3, -0.25) is 9.21 Å². The van der Waals surface area contributed by atoms with Crippen molar-refractivity contribution in [2.45, 2.75) is 31.9 Å². The SMILES string of the molecule is O=S(=O)(CCN1CCC[C@H]1CO)N(Cc1ccc(-c2nnc(C(F)F)o2)cc1)c1ccccc1. The molecule has 11 heteroatoms. The Labute approximate surface area is 196 Å². The van der Waals surface area contributed by atoms with Gasteiger partial charge in [0.2, 0.25) is 15.9 Å². The predicted octanol–water partition coefficient (Wildman–Crippen LogP) is 3.47. The van der Waals surface area contributed by atoms with Gasteiger partial charge in [-0.1, -0.05) is 30.3 Å². The molecule has 1 aromatic heterocycles. The van der Waals surface area contributed by atoms with Crippen molar-refractivity contribution in [1.82, 2.24) is 15.1 Å². The first-order valence-electron chi connectivity index (χ1n) is 11.0. The van der Waals surface area contributed by atoms with Gasteiger partial charge in [-0.05, 0) is 49.2 Å². The van der Waals surface area contributed by atoms with Gasteiger partial charge in [0.25, 0.3) is 5.89 Å². The highest BCUT2D eigenvalue weighted by atomic mass is 32.2. The van der Waals surface area contributed by atoms with Crippen LogP contribution >= 0.6 is 0 Å². The zero-order valence-corrected chi connectivity index (χ0v) is 19.2. The van der Waals surface area contributed by atoms with Crippen molar-refractivity contribution in [3.05, 3.63) is 66.1 Å². The van der Waals surface area contributed by atoms with Gasteiger partial charge in [-0.25, -0.2) is 8.42 Å². The van der Waals surface area contributed by atoms with Crippen molar-refractivity contribution in [2.24, 2.45) is 0 Å². The average molecular weight is 493 g/mol. The van der Waals surface area contributed by atoms with Gasteiger partial charge < -0.3 is 9.52 Å². The summed E-state index contributed by atoms with van der Waals surface area (Å²) in [6.45, 7) is 1.24. The Hall–Kier alpha value is -2.89. The van der Waals surface area contributed by atoms with Gasteiger partial charge in [0.15, 0.2) is 0 Å². The fourth-order valence-corrected chi connectivity index (χ4v) is 5.52. The summed E-state index contributed by atoms with van der Waals surface area (Å²) in [6.07, 6.45) is -1.04. The van der Waals surface area contributed by atoms with Crippen molar-refractivity contribution in [3.63, 3.8) is 0 Å². The molecule has 0 aliphatic carbocycles. The van der Waals surface area contributed by atoms with Crippen LogP contribution in [0.1, 0.15) is 30.7 Å². The minimum absolute atomic E-state index is 0.00297. The minimum atomic E-state index is -3.68. The van der Waals surface area contributed by atoms with E-state index in [1.165, 1.54) is 4.31 Å². The Morgan fingerprint density at radius 3 is 2.50 bits per heavy atom. The van der Waals surface area contributed by atoms with Gasteiger partial charge in [0.1, 0.15) is 0 Å². The Morgan fingerprint density at radius 2 is 1.85 bits per heavy atom. The molecule has 2 aromatic carbocycles. The molecule has 1 aliphatic rings. The van der Waals surface area contributed by atoms with E-state index in [4.69, 9.17) is 4.42 Å². The fraction of sp³-hybridized carbons (Fsp3) is 0.391. The second-order valence-electron chi connectivity index (χ2n) is 8.12. The quantitative estimate of drug-likeness (QED) is 0.463. The van der Waals surface area contributed by atoms with Crippen LogP contribution in [0.3, 0.4) is 0 Å². The zero-order valence-electron chi connectivity index (χ0n) is 18.4. The Balaban J connectivity index is 1.52. The molecule has 0 unspecified atom stereocenters. The molecule has 34 heavy (non-hydrogen) atoms. The Kier molecular flexibility index (Phi) is 7.54. The summed E-state index contributed by atoms with van der Waals surface area (Å²) in [5, 5.41) is 16.5. The lowest BCUT2D eigenvalue weighted by Gasteiger charge is -2.27. The number of nitrogens with zero attached hydrogens (tertiary/aromatic N) is 4. The average Bonchev–Trinajstić information content (AvgIpc) is 3.52. The number of likely N-dealkylation sites (tertiary alicyclic amines) is 1. The lowest BCUT2D eigenvalue weighted by molar-refractivity contribution is 0.116. The van der Waals surface area contributed by atoms with Crippen LogP contribution in [0.15, 0.2) is 59.0 Å². The second-order valence-corrected chi connectivity index (χ2v) is 10.1. The number of para-hydroxylation sites is 1. The van der Waals surface area contributed by atoms with E-state index < -0.39 is 22.3 Å². The molecule has 1 fully saturated rings. The predicted molar refractivity (Wildman–Crippen MR) is 123 cm³/mol. The maximum absolute atomic E-state index is 13.4. The molecule has 8 nitrogen and oxygen atoms in total. The van der Waals surface area contributed by atoms with Crippen molar-refractivity contribution in [1.29, 1.82) is 0 Å². The smallest absolute Gasteiger partial charge is 0.314 e. The number of hydrogen-bond acceptors (Lipinski definition) is 7. The molecule has 1 atom stereocenters. The van der Waals surface area contributed by atoms with Crippen LogP contribution in [0, 0.1) is 0 Å². The highest BCUT2D eigenvalue weighted by Crippen LogP contribution is 2.26. The summed E-state index contributed by atoms with van der Waals surface area (Å²) < 4.78 is 58.5. The number of aliphatic hydroxyl groups is 1. The fourth-order valence-electron chi connectivity index (χ4n) is 4.04. The van der Waals surface area contributed by atoms with E-state index in [0.717, 1.165) is 19.4 Å². The van der Waals surface area contributed by atoms with Crippen LogP contribution in [-0.4, -0.2) is 60.1 Å². The molecule has 1 saturated heterocycles. The van der Waals surface area contributed by atoms with Crippen LogP contribution in [0.25, 0.3) is 11.5 Å². The van der Waals surface area contributed by atoms with E-state index in [1.807, 2.05) is 11.0 Å². The van der Waals surface area contributed by atoms with Crippen molar-refractivity contribution in [3.8, 4) is 11.5 Å². The summed E-state index contributed by atoms with van der Waals surface area (Å²) in [6, 6.07) is 15.5. The number of benzene rings is 2. The number of alkyl halides is 2. The lowest BCUT2D eigenvalue weighted by atomic mass is 10.1. The summed E-state index contributed by atoms with van der Waals surface area (Å²) in [5.41, 5.74) is 1.71. The summed E-state index contributed by atoms with van der Waals surface area (Å²) in [5.74, 6) is -0.852. The molecular weight excluding hydrogens is 466 g/mol. The van der Waals surface area contributed by atoms with Gasteiger partial charge in [0, 0.05) is 18.2 Å². The van der Waals surface area contributed by atoms with E-state index in [2.05, 4.69) is 10.2 Å². The molecule has 0 spiro atoms. The molecule has 4 rings (SSSR count). The van der Waals surface area contributed by atoms with Gasteiger partial charge in [-0.15, -0.1) is 10.2 Å². The Morgan fingerprint density at radius 1 is 1.12 bits per heavy atom. The van der Waals surface area contributed by atoms with Crippen LogP contribution in [0.5, 0.6) is 0 Å². The molecule has 182 valence electrons. The summed E-state index contributed by atoms with van der Waals surface area (Å²) in [4.78, 5) is 2.02. The molecule has 3 aromatic rings. The minimum Gasteiger partial charge on any atom is -0.415 e. The Bertz CT molecular complexity index is 1170. The van der Waals surface area contributed by atoms with Crippen molar-refractivity contribution >= 4 is 15.7 Å². The first-order valence-corrected chi connectivity index (χ1v) is 12.6. The molecule has 1 N–H and O–H groups in total. The standard InChI is InChI=1S/C23H26F2N4O4S/c24-21(25)23-27-26-22(33-23)18-10-8-17(9-11-18)15-29(19-5-2-1-3-6-19)34(31,32)14-13-28-12-4-7-20(28)16-30/h1-3,5-6,8-11,20-21,30H,4,7,12-16H2/t20-/m0/s1. The first-order chi connectivity index (χ1) is 16.4. The number of aliphatic hydroxyl groups excluding tert-OH is 1. The zero-order chi connectivity index (χ0) is 24.1. The third-order valence-corrected chi connectivity index (χ3v) is 7.59. The molecule has 2 heterocycles. The van der Waals surface area contributed by atoms with Crippen LogP contribution in [-0.2, 0) is 16.6 Å². The summed E-state index contributed by atoms with van der Waals surface area (Å²) in [7, 11) is -3.68.